The topological polar surface area (TPSA) is 63.7 Å². The van der Waals surface area contributed by atoms with Gasteiger partial charge in [0, 0.05) is 25.6 Å². The summed E-state index contributed by atoms with van der Waals surface area (Å²) < 4.78 is 11.9. The van der Waals surface area contributed by atoms with Crippen LogP contribution in [0.1, 0.15) is 44.6 Å². The number of benzene rings is 1. The van der Waals surface area contributed by atoms with E-state index in [2.05, 4.69) is 21.3 Å². The average Bonchev–Trinajstić information content (AvgIpc) is 3.49. The van der Waals surface area contributed by atoms with Crippen molar-refractivity contribution >= 4 is 11.6 Å². The molecule has 1 aromatic heterocycles. The normalized spacial score (nSPS) is 19.4. The summed E-state index contributed by atoms with van der Waals surface area (Å²) in [5, 5.41) is 2.87. The van der Waals surface area contributed by atoms with Crippen LogP contribution in [0.3, 0.4) is 0 Å². The minimum absolute atomic E-state index is 0.0511. The minimum atomic E-state index is -0.162. The highest BCUT2D eigenvalue weighted by molar-refractivity contribution is 5.83. The molecule has 1 amide bonds. The molecule has 4 rings (SSSR count). The highest BCUT2D eigenvalue weighted by Gasteiger charge is 2.25. The summed E-state index contributed by atoms with van der Waals surface area (Å²) in [6.07, 6.45) is 5.56. The van der Waals surface area contributed by atoms with E-state index < -0.39 is 0 Å². The molecule has 30 heavy (non-hydrogen) atoms. The predicted molar refractivity (Wildman–Crippen MR) is 117 cm³/mol. The molecule has 1 aliphatic heterocycles. The smallest absolute Gasteiger partial charge is 0.227 e. The summed E-state index contributed by atoms with van der Waals surface area (Å²) in [5.41, 5.74) is 2.10. The third-order valence-corrected chi connectivity index (χ3v) is 5.82. The van der Waals surface area contributed by atoms with Gasteiger partial charge in [0.05, 0.1) is 31.0 Å². The third kappa shape index (κ3) is 5.23. The van der Waals surface area contributed by atoms with Crippen LogP contribution in [0.15, 0.2) is 42.6 Å². The fourth-order valence-corrected chi connectivity index (χ4v) is 3.70. The fourth-order valence-electron chi connectivity index (χ4n) is 3.70. The van der Waals surface area contributed by atoms with Crippen molar-refractivity contribution in [2.75, 3.05) is 31.1 Å². The lowest BCUT2D eigenvalue weighted by molar-refractivity contribution is -0.122. The Morgan fingerprint density at radius 1 is 1.20 bits per heavy atom. The number of rotatable bonds is 9. The molecule has 2 heterocycles. The Balaban J connectivity index is 1.27. The number of anilines is 1. The van der Waals surface area contributed by atoms with Crippen LogP contribution in [0.2, 0.25) is 0 Å². The van der Waals surface area contributed by atoms with Gasteiger partial charge in [-0.1, -0.05) is 12.1 Å². The van der Waals surface area contributed by atoms with Crippen molar-refractivity contribution in [1.82, 2.24) is 10.3 Å². The lowest BCUT2D eigenvalue weighted by Gasteiger charge is -2.19. The molecule has 0 bridgehead atoms. The number of nitrogens with one attached hydrogen (secondary N) is 1. The first-order valence-electron chi connectivity index (χ1n) is 11.0. The van der Waals surface area contributed by atoms with E-state index in [4.69, 9.17) is 9.47 Å². The summed E-state index contributed by atoms with van der Waals surface area (Å²) in [5.74, 6) is 2.17. The molecule has 2 aromatic rings. The average molecular weight is 410 g/mol. The van der Waals surface area contributed by atoms with Crippen LogP contribution >= 0.6 is 0 Å². The Hall–Kier alpha value is -2.76. The standard InChI is InChI=1S/C24H31N3O3/c1-3-25-24(28)17(2)19-6-9-21(10-7-19)30-22-12-13-27(15-22)20-8-11-23(26-14-20)29-16-18-4-5-18/h6-11,14,17-18,22H,3-5,12-13,15-16H2,1-2H3,(H,25,28). The van der Waals surface area contributed by atoms with Crippen molar-refractivity contribution < 1.29 is 14.3 Å². The van der Waals surface area contributed by atoms with E-state index in [-0.39, 0.29) is 17.9 Å². The molecule has 160 valence electrons. The molecule has 2 aliphatic rings. The summed E-state index contributed by atoms with van der Waals surface area (Å²) in [7, 11) is 0. The summed E-state index contributed by atoms with van der Waals surface area (Å²) in [4.78, 5) is 18.8. The molecule has 6 heteroatoms. The van der Waals surface area contributed by atoms with Crippen molar-refractivity contribution in [2.24, 2.45) is 5.92 Å². The molecule has 1 N–H and O–H groups in total. The highest BCUT2D eigenvalue weighted by atomic mass is 16.5. The second-order valence-electron chi connectivity index (χ2n) is 8.27. The van der Waals surface area contributed by atoms with Crippen LogP contribution in [0.5, 0.6) is 11.6 Å². The monoisotopic (exact) mass is 409 g/mol. The van der Waals surface area contributed by atoms with Crippen molar-refractivity contribution in [3.8, 4) is 11.6 Å². The number of carbonyl (C=O) groups excluding carboxylic acids is 1. The molecule has 1 saturated heterocycles. The number of likely N-dealkylation sites (N-methyl/N-ethyl adjacent to an activating group) is 1. The van der Waals surface area contributed by atoms with Crippen molar-refractivity contribution in [1.29, 1.82) is 0 Å². The van der Waals surface area contributed by atoms with E-state index in [9.17, 15) is 4.79 Å². The number of hydrogen-bond donors (Lipinski definition) is 1. The van der Waals surface area contributed by atoms with Crippen molar-refractivity contribution in [3.05, 3.63) is 48.2 Å². The number of pyridine rings is 1. The zero-order chi connectivity index (χ0) is 20.9. The molecule has 0 spiro atoms. The van der Waals surface area contributed by atoms with Crippen LogP contribution in [-0.4, -0.2) is 43.2 Å². The van der Waals surface area contributed by atoms with Crippen LogP contribution in [0.25, 0.3) is 0 Å². The maximum Gasteiger partial charge on any atom is 0.227 e. The van der Waals surface area contributed by atoms with Gasteiger partial charge in [-0.2, -0.15) is 0 Å². The molecular formula is C24H31N3O3. The Morgan fingerprint density at radius 2 is 2.00 bits per heavy atom. The third-order valence-electron chi connectivity index (χ3n) is 5.82. The first-order chi connectivity index (χ1) is 14.6. The minimum Gasteiger partial charge on any atom is -0.489 e. The molecular weight excluding hydrogens is 378 g/mol. The second-order valence-corrected chi connectivity index (χ2v) is 8.27. The number of hydrogen-bond acceptors (Lipinski definition) is 5. The predicted octanol–water partition coefficient (Wildman–Crippen LogP) is 3.77. The fraction of sp³-hybridized carbons (Fsp3) is 0.500. The maximum absolute atomic E-state index is 12.0. The van der Waals surface area contributed by atoms with Gasteiger partial charge >= 0.3 is 0 Å². The lowest BCUT2D eigenvalue weighted by Crippen LogP contribution is -2.27. The molecule has 2 fully saturated rings. The van der Waals surface area contributed by atoms with Crippen molar-refractivity contribution in [2.45, 2.75) is 45.1 Å². The van der Waals surface area contributed by atoms with Crippen LogP contribution in [0, 0.1) is 5.92 Å². The van der Waals surface area contributed by atoms with E-state index in [1.165, 1.54) is 12.8 Å². The van der Waals surface area contributed by atoms with E-state index in [1.807, 2.05) is 50.4 Å². The van der Waals surface area contributed by atoms with Gasteiger partial charge in [0.1, 0.15) is 11.9 Å². The Bertz CT molecular complexity index is 834. The Morgan fingerprint density at radius 3 is 2.67 bits per heavy atom. The molecule has 1 saturated carbocycles. The largest absolute Gasteiger partial charge is 0.489 e. The Kier molecular flexibility index (Phi) is 6.41. The molecule has 2 unspecified atom stereocenters. The van der Waals surface area contributed by atoms with E-state index in [1.54, 1.807) is 0 Å². The van der Waals surface area contributed by atoms with Gasteiger partial charge in [-0.25, -0.2) is 4.98 Å². The number of nitrogens with zero attached hydrogens (tertiary/aromatic N) is 2. The van der Waals surface area contributed by atoms with Gasteiger partial charge in [0.25, 0.3) is 0 Å². The first-order valence-corrected chi connectivity index (χ1v) is 11.0. The van der Waals surface area contributed by atoms with Crippen LogP contribution < -0.4 is 19.7 Å². The SMILES string of the molecule is CCNC(=O)C(C)c1ccc(OC2CCN(c3ccc(OCC4CC4)nc3)C2)cc1. The van der Waals surface area contributed by atoms with Crippen LogP contribution in [-0.2, 0) is 4.79 Å². The van der Waals surface area contributed by atoms with E-state index >= 15 is 0 Å². The summed E-state index contributed by atoms with van der Waals surface area (Å²) in [6.45, 7) is 7.06. The number of amides is 1. The van der Waals surface area contributed by atoms with E-state index in [0.29, 0.717) is 12.4 Å². The van der Waals surface area contributed by atoms with Crippen LogP contribution in [0.4, 0.5) is 5.69 Å². The second kappa shape index (κ2) is 9.37. The molecule has 1 aromatic carbocycles. The van der Waals surface area contributed by atoms with Gasteiger partial charge < -0.3 is 19.7 Å². The summed E-state index contributed by atoms with van der Waals surface area (Å²) >= 11 is 0. The van der Waals surface area contributed by atoms with Gasteiger partial charge in [-0.15, -0.1) is 0 Å². The van der Waals surface area contributed by atoms with Gasteiger partial charge in [0.2, 0.25) is 11.8 Å². The van der Waals surface area contributed by atoms with Gasteiger partial charge in [-0.05, 0) is 56.4 Å². The first kappa shape index (κ1) is 20.5. The van der Waals surface area contributed by atoms with E-state index in [0.717, 1.165) is 49.0 Å². The molecule has 2 atom stereocenters. The quantitative estimate of drug-likeness (QED) is 0.683. The molecule has 6 nitrogen and oxygen atoms in total. The zero-order valence-corrected chi connectivity index (χ0v) is 17.8. The molecule has 0 radical (unpaired) electrons. The van der Waals surface area contributed by atoms with Gasteiger partial charge in [0.15, 0.2) is 0 Å². The highest BCUT2D eigenvalue weighted by Crippen LogP contribution is 2.30. The maximum atomic E-state index is 12.0. The number of ether oxygens (including phenoxy) is 2. The Labute approximate surface area is 178 Å². The summed E-state index contributed by atoms with van der Waals surface area (Å²) in [6, 6.07) is 11.9. The number of carbonyl (C=O) groups is 1. The lowest BCUT2D eigenvalue weighted by atomic mass is 10.0. The zero-order valence-electron chi connectivity index (χ0n) is 17.8. The number of aromatic nitrogens is 1. The van der Waals surface area contributed by atoms with Gasteiger partial charge in [-0.3, -0.25) is 4.79 Å². The molecule has 1 aliphatic carbocycles. The van der Waals surface area contributed by atoms with Crippen molar-refractivity contribution in [3.63, 3.8) is 0 Å².